The molecule has 0 aliphatic carbocycles. The third-order valence-corrected chi connectivity index (χ3v) is 2.92. The van der Waals surface area contributed by atoms with Gasteiger partial charge >= 0.3 is 5.97 Å². The van der Waals surface area contributed by atoms with Gasteiger partial charge in [-0.1, -0.05) is 13.3 Å². The number of hydrogen-bond acceptors (Lipinski definition) is 4. The number of benzene rings is 1. The van der Waals surface area contributed by atoms with E-state index in [1.54, 1.807) is 6.92 Å². The zero-order chi connectivity index (χ0) is 15.3. The minimum Gasteiger partial charge on any atom is -0.465 e. The Bertz CT molecular complexity index is 521. The summed E-state index contributed by atoms with van der Waals surface area (Å²) in [7, 11) is 1.22. The van der Waals surface area contributed by atoms with Crippen LogP contribution in [-0.2, 0) is 9.53 Å². The topological polar surface area (TPSA) is 81.4 Å². The number of nitrogens with one attached hydrogen (secondary N) is 1. The molecule has 7 heteroatoms. The van der Waals surface area contributed by atoms with Crippen LogP contribution >= 0.6 is 12.4 Å². The number of esters is 1. The summed E-state index contributed by atoms with van der Waals surface area (Å²) in [5.74, 6) is -1.75. The van der Waals surface area contributed by atoms with Crippen LogP contribution in [0.4, 0.5) is 10.1 Å². The van der Waals surface area contributed by atoms with Crippen LogP contribution in [-0.4, -0.2) is 24.5 Å². The van der Waals surface area contributed by atoms with Crippen LogP contribution in [0.5, 0.6) is 0 Å². The van der Waals surface area contributed by atoms with Gasteiger partial charge in [0.25, 0.3) is 0 Å². The molecule has 0 bridgehead atoms. The summed E-state index contributed by atoms with van der Waals surface area (Å²) < 4.78 is 18.2. The Labute approximate surface area is 129 Å². The van der Waals surface area contributed by atoms with Gasteiger partial charge in [0.1, 0.15) is 5.82 Å². The predicted molar refractivity (Wildman–Crippen MR) is 81.1 cm³/mol. The number of carbonyl (C=O) groups is 2. The van der Waals surface area contributed by atoms with E-state index in [9.17, 15) is 14.0 Å². The van der Waals surface area contributed by atoms with Gasteiger partial charge in [-0.15, -0.1) is 12.4 Å². The first-order chi connectivity index (χ1) is 9.31. The number of halogens is 2. The van der Waals surface area contributed by atoms with E-state index in [2.05, 4.69) is 10.1 Å². The lowest BCUT2D eigenvalue weighted by molar-refractivity contribution is -0.120. The molecule has 0 aliphatic heterocycles. The maximum absolute atomic E-state index is 13.7. The number of methoxy groups -OCH3 is 1. The van der Waals surface area contributed by atoms with Crippen LogP contribution in [0.3, 0.4) is 0 Å². The molecule has 1 rings (SSSR count). The summed E-state index contributed by atoms with van der Waals surface area (Å²) >= 11 is 0. The van der Waals surface area contributed by atoms with Gasteiger partial charge in [-0.2, -0.15) is 0 Å². The molecule has 0 fully saturated rings. The molecule has 0 saturated carbocycles. The molecule has 1 atom stereocenters. The minimum atomic E-state index is -1.09. The van der Waals surface area contributed by atoms with Crippen molar-refractivity contribution < 1.29 is 18.7 Å². The predicted octanol–water partition coefficient (Wildman–Crippen LogP) is 2.49. The second-order valence-corrected chi connectivity index (χ2v) is 4.81. The van der Waals surface area contributed by atoms with Crippen molar-refractivity contribution >= 4 is 30.0 Å². The zero-order valence-corrected chi connectivity index (χ0v) is 13.1. The normalized spacial score (nSPS) is 12.8. The van der Waals surface area contributed by atoms with Crippen molar-refractivity contribution in [2.24, 2.45) is 5.73 Å². The van der Waals surface area contributed by atoms with Crippen molar-refractivity contribution in [3.05, 3.63) is 29.6 Å². The largest absolute Gasteiger partial charge is 0.465 e. The molecule has 3 N–H and O–H groups in total. The van der Waals surface area contributed by atoms with Gasteiger partial charge < -0.3 is 15.8 Å². The first-order valence-corrected chi connectivity index (χ1v) is 6.30. The van der Waals surface area contributed by atoms with E-state index in [0.29, 0.717) is 6.42 Å². The van der Waals surface area contributed by atoms with Crippen LogP contribution < -0.4 is 11.1 Å². The molecule has 0 heterocycles. The molecule has 21 heavy (non-hydrogen) atoms. The molecule has 5 nitrogen and oxygen atoms in total. The highest BCUT2D eigenvalue weighted by Crippen LogP contribution is 2.19. The summed E-state index contributed by atoms with van der Waals surface area (Å²) in [5, 5.41) is 2.41. The van der Waals surface area contributed by atoms with Gasteiger partial charge in [0, 0.05) is 0 Å². The second-order valence-electron chi connectivity index (χ2n) is 4.81. The van der Waals surface area contributed by atoms with Crippen LogP contribution in [0, 0.1) is 5.82 Å². The Kier molecular flexibility index (Phi) is 7.32. The Morgan fingerprint density at radius 3 is 2.57 bits per heavy atom. The van der Waals surface area contributed by atoms with Crippen LogP contribution in [0.2, 0.25) is 0 Å². The van der Waals surface area contributed by atoms with Crippen molar-refractivity contribution in [2.75, 3.05) is 12.4 Å². The van der Waals surface area contributed by atoms with Gasteiger partial charge in [0.15, 0.2) is 0 Å². The fraction of sp³-hybridized carbons (Fsp3) is 0.429. The number of ether oxygens (including phenoxy) is 1. The first-order valence-electron chi connectivity index (χ1n) is 6.30. The Balaban J connectivity index is 0.00000400. The zero-order valence-electron chi connectivity index (χ0n) is 12.2. The minimum absolute atomic E-state index is 0. The van der Waals surface area contributed by atoms with E-state index in [0.717, 1.165) is 12.5 Å². The molecule has 0 aliphatic rings. The fourth-order valence-corrected chi connectivity index (χ4v) is 1.76. The molecule has 1 unspecified atom stereocenters. The van der Waals surface area contributed by atoms with Gasteiger partial charge in [-0.3, -0.25) is 4.79 Å². The van der Waals surface area contributed by atoms with E-state index in [1.165, 1.54) is 19.2 Å². The van der Waals surface area contributed by atoms with E-state index >= 15 is 0 Å². The van der Waals surface area contributed by atoms with Gasteiger partial charge in [-0.05, 0) is 31.5 Å². The summed E-state index contributed by atoms with van der Waals surface area (Å²) in [4.78, 5) is 23.4. The highest BCUT2D eigenvalue weighted by Gasteiger charge is 2.28. The lowest BCUT2D eigenvalue weighted by Gasteiger charge is -2.23. The van der Waals surface area contributed by atoms with E-state index in [1.807, 2.05) is 6.92 Å². The maximum atomic E-state index is 13.7. The Hall–Kier alpha value is -1.66. The van der Waals surface area contributed by atoms with E-state index in [-0.39, 0.29) is 23.7 Å². The quantitative estimate of drug-likeness (QED) is 0.817. The van der Waals surface area contributed by atoms with Crippen molar-refractivity contribution in [1.29, 1.82) is 0 Å². The average Bonchev–Trinajstić information content (AvgIpc) is 2.40. The average molecular weight is 319 g/mol. The number of rotatable bonds is 5. The number of nitrogens with two attached hydrogens (primary N) is 1. The van der Waals surface area contributed by atoms with Crippen LogP contribution in [0.1, 0.15) is 37.0 Å². The Morgan fingerprint density at radius 2 is 2.05 bits per heavy atom. The molecular formula is C14H20ClFN2O3. The first kappa shape index (κ1) is 19.3. The standard InChI is InChI=1S/C14H19FN2O3.ClH/c1-4-7-14(2,16)13(19)17-11-8-9(12(18)20-3)5-6-10(11)15;/h5-6,8H,4,7,16H2,1-3H3,(H,17,19);1H. The number of hydrogen-bond donors (Lipinski definition) is 2. The van der Waals surface area contributed by atoms with Crippen molar-refractivity contribution in [3.63, 3.8) is 0 Å². The smallest absolute Gasteiger partial charge is 0.337 e. The highest BCUT2D eigenvalue weighted by atomic mass is 35.5. The van der Waals surface area contributed by atoms with E-state index in [4.69, 9.17) is 5.73 Å². The maximum Gasteiger partial charge on any atom is 0.337 e. The van der Waals surface area contributed by atoms with E-state index < -0.39 is 23.2 Å². The number of amides is 1. The molecule has 0 aromatic heterocycles. The molecule has 0 radical (unpaired) electrons. The molecule has 1 amide bonds. The fourth-order valence-electron chi connectivity index (χ4n) is 1.76. The summed E-state index contributed by atoms with van der Waals surface area (Å²) in [6.45, 7) is 3.48. The SMILES string of the molecule is CCCC(C)(N)C(=O)Nc1cc(C(=O)OC)ccc1F.Cl. The molecule has 0 saturated heterocycles. The van der Waals surface area contributed by atoms with Gasteiger partial charge in [-0.25, -0.2) is 9.18 Å². The summed E-state index contributed by atoms with van der Waals surface area (Å²) in [6.07, 6.45) is 1.20. The molecule has 118 valence electrons. The molecule has 1 aromatic carbocycles. The van der Waals surface area contributed by atoms with Gasteiger partial charge in [0.2, 0.25) is 5.91 Å². The van der Waals surface area contributed by atoms with Crippen LogP contribution in [0.15, 0.2) is 18.2 Å². The molecule has 0 spiro atoms. The highest BCUT2D eigenvalue weighted by molar-refractivity contribution is 5.99. The third-order valence-electron chi connectivity index (χ3n) is 2.92. The third kappa shape index (κ3) is 4.99. The summed E-state index contributed by atoms with van der Waals surface area (Å²) in [6, 6.07) is 3.60. The van der Waals surface area contributed by atoms with Crippen molar-refractivity contribution in [2.45, 2.75) is 32.2 Å². The second kappa shape index (κ2) is 7.95. The monoisotopic (exact) mass is 318 g/mol. The van der Waals surface area contributed by atoms with Gasteiger partial charge in [0.05, 0.1) is 23.9 Å². The lowest BCUT2D eigenvalue weighted by atomic mass is 9.96. The lowest BCUT2D eigenvalue weighted by Crippen LogP contribution is -2.48. The molecule has 1 aromatic rings. The van der Waals surface area contributed by atoms with Crippen molar-refractivity contribution in [3.8, 4) is 0 Å². The van der Waals surface area contributed by atoms with Crippen molar-refractivity contribution in [1.82, 2.24) is 0 Å². The molecular weight excluding hydrogens is 299 g/mol. The van der Waals surface area contributed by atoms with Crippen LogP contribution in [0.25, 0.3) is 0 Å². The summed E-state index contributed by atoms with van der Waals surface area (Å²) in [5.41, 5.74) is 4.83. The number of carbonyl (C=O) groups excluding carboxylic acids is 2. The number of anilines is 1. The Morgan fingerprint density at radius 1 is 1.43 bits per heavy atom.